The van der Waals surface area contributed by atoms with E-state index in [1.54, 1.807) is 29.3 Å². The second kappa shape index (κ2) is 7.27. The van der Waals surface area contributed by atoms with E-state index in [1.165, 1.54) is 16.8 Å². The van der Waals surface area contributed by atoms with Crippen LogP contribution in [-0.2, 0) is 10.3 Å². The average molecular weight is 400 g/mol. The smallest absolute Gasteiger partial charge is 0.253 e. The van der Waals surface area contributed by atoms with E-state index in [-0.39, 0.29) is 23.2 Å². The monoisotopic (exact) mass is 400 g/mol. The van der Waals surface area contributed by atoms with Crippen LogP contribution in [0.1, 0.15) is 44.8 Å². The molecule has 0 saturated heterocycles. The molecule has 1 unspecified atom stereocenters. The minimum Gasteiger partial charge on any atom is -0.467 e. The highest BCUT2D eigenvalue weighted by Crippen LogP contribution is 2.34. The molecule has 0 saturated carbocycles. The van der Waals surface area contributed by atoms with Crippen molar-refractivity contribution >= 4 is 23.4 Å². The first-order chi connectivity index (χ1) is 13.4. The van der Waals surface area contributed by atoms with Crippen LogP contribution < -0.4 is 0 Å². The molecule has 28 heavy (non-hydrogen) atoms. The van der Waals surface area contributed by atoms with Crippen LogP contribution in [0, 0.1) is 0 Å². The summed E-state index contributed by atoms with van der Waals surface area (Å²) in [7, 11) is 0. The molecule has 1 aliphatic rings. The van der Waals surface area contributed by atoms with Crippen LogP contribution in [0.25, 0.3) is 0 Å². The highest BCUT2D eigenvalue weighted by Gasteiger charge is 2.36. The van der Waals surface area contributed by atoms with Crippen molar-refractivity contribution in [3.63, 3.8) is 0 Å². The number of nitrogens with zero attached hydrogens (tertiary/aromatic N) is 6. The molecule has 0 aromatic carbocycles. The number of tetrazole rings is 1. The Balaban J connectivity index is 1.53. The molecule has 0 bridgehead atoms. The van der Waals surface area contributed by atoms with E-state index < -0.39 is 0 Å². The summed E-state index contributed by atoms with van der Waals surface area (Å²) in [5.41, 5.74) is 0.438. The fourth-order valence-corrected chi connectivity index (χ4v) is 3.83. The molecule has 4 rings (SSSR count). The molecule has 0 aliphatic carbocycles. The van der Waals surface area contributed by atoms with Crippen LogP contribution in [0.3, 0.4) is 0 Å². The van der Waals surface area contributed by atoms with E-state index in [2.05, 4.69) is 20.6 Å². The lowest BCUT2D eigenvalue weighted by Crippen LogP contribution is -2.29. The molecule has 3 aromatic rings. The first kappa shape index (κ1) is 18.5. The molecule has 146 valence electrons. The van der Waals surface area contributed by atoms with Gasteiger partial charge in [0.2, 0.25) is 5.16 Å². The van der Waals surface area contributed by atoms with E-state index in [4.69, 9.17) is 8.83 Å². The number of rotatable bonds is 5. The van der Waals surface area contributed by atoms with Gasteiger partial charge < -0.3 is 8.83 Å². The number of carbonyl (C=O) groups is 1. The van der Waals surface area contributed by atoms with Gasteiger partial charge in [0.25, 0.3) is 5.91 Å². The number of aromatic nitrogens is 4. The lowest BCUT2D eigenvalue weighted by molar-refractivity contribution is -0.130. The minimum absolute atomic E-state index is 0.155. The molecule has 4 heterocycles. The third-order valence-corrected chi connectivity index (χ3v) is 5.15. The molecule has 1 atom stereocenters. The second-order valence-corrected chi connectivity index (χ2v) is 8.27. The minimum atomic E-state index is -0.304. The topological polar surface area (TPSA) is 103 Å². The van der Waals surface area contributed by atoms with Gasteiger partial charge in [-0.05, 0) is 55.5 Å². The van der Waals surface area contributed by atoms with Gasteiger partial charge >= 0.3 is 0 Å². The largest absolute Gasteiger partial charge is 0.467 e. The van der Waals surface area contributed by atoms with Crippen LogP contribution in [0.2, 0.25) is 0 Å². The van der Waals surface area contributed by atoms with Gasteiger partial charge in [-0.15, -0.1) is 5.10 Å². The lowest BCUT2D eigenvalue weighted by Gasteiger charge is -2.21. The summed E-state index contributed by atoms with van der Waals surface area (Å²) < 4.78 is 12.7. The molecule has 10 heteroatoms. The van der Waals surface area contributed by atoms with E-state index in [0.29, 0.717) is 28.8 Å². The van der Waals surface area contributed by atoms with Gasteiger partial charge in [-0.3, -0.25) is 4.79 Å². The lowest BCUT2D eigenvalue weighted by atomic mass is 10.1. The average Bonchev–Trinajstić information content (AvgIpc) is 3.45. The van der Waals surface area contributed by atoms with Crippen molar-refractivity contribution in [3.05, 3.63) is 48.3 Å². The molecule has 0 spiro atoms. The van der Waals surface area contributed by atoms with E-state index >= 15 is 0 Å². The van der Waals surface area contributed by atoms with Gasteiger partial charge in [0.15, 0.2) is 0 Å². The van der Waals surface area contributed by atoms with E-state index in [9.17, 15) is 4.79 Å². The highest BCUT2D eigenvalue weighted by atomic mass is 32.2. The Morgan fingerprint density at radius 1 is 1.25 bits per heavy atom. The molecule has 1 aliphatic heterocycles. The van der Waals surface area contributed by atoms with Gasteiger partial charge in [0.05, 0.1) is 23.8 Å². The summed E-state index contributed by atoms with van der Waals surface area (Å²) in [4.78, 5) is 13.0. The third kappa shape index (κ3) is 3.59. The molecular weight excluding hydrogens is 380 g/mol. The van der Waals surface area contributed by atoms with Crippen molar-refractivity contribution in [3.8, 4) is 0 Å². The Labute approximate surface area is 165 Å². The van der Waals surface area contributed by atoms with Crippen molar-refractivity contribution in [1.29, 1.82) is 0 Å². The van der Waals surface area contributed by atoms with Crippen LogP contribution in [0.5, 0.6) is 0 Å². The quantitative estimate of drug-likeness (QED) is 0.606. The third-order valence-electron chi connectivity index (χ3n) is 4.24. The van der Waals surface area contributed by atoms with Gasteiger partial charge in [0, 0.05) is 6.42 Å². The zero-order valence-corrected chi connectivity index (χ0v) is 16.6. The van der Waals surface area contributed by atoms with E-state index in [0.717, 1.165) is 0 Å². The van der Waals surface area contributed by atoms with Crippen LogP contribution in [0.4, 0.5) is 0 Å². The predicted molar refractivity (Wildman–Crippen MR) is 102 cm³/mol. The maximum Gasteiger partial charge on any atom is 0.253 e. The zero-order chi connectivity index (χ0) is 19.7. The molecule has 0 N–H and O–H groups in total. The standard InChI is InChI=1S/C18H20N6O3S/c1-18(2,3)24-17(19-21-22-24)28-11-16(25)23-13(15-7-5-9-27-15)10-12(20-23)14-6-4-8-26-14/h4-9,13H,10-11H2,1-3H3. The summed E-state index contributed by atoms with van der Waals surface area (Å²) in [5.74, 6) is 1.33. The van der Waals surface area contributed by atoms with Gasteiger partial charge in [0.1, 0.15) is 23.3 Å². The van der Waals surface area contributed by atoms with Crippen molar-refractivity contribution in [2.24, 2.45) is 5.10 Å². The van der Waals surface area contributed by atoms with Crippen molar-refractivity contribution in [2.75, 3.05) is 5.75 Å². The first-order valence-electron chi connectivity index (χ1n) is 8.82. The first-order valence-corrected chi connectivity index (χ1v) is 9.80. The van der Waals surface area contributed by atoms with Crippen LogP contribution in [0.15, 0.2) is 55.9 Å². The van der Waals surface area contributed by atoms with E-state index in [1.807, 2.05) is 32.9 Å². The summed E-state index contributed by atoms with van der Waals surface area (Å²) >= 11 is 1.29. The van der Waals surface area contributed by atoms with Gasteiger partial charge in [-0.25, -0.2) is 9.69 Å². The second-order valence-electron chi connectivity index (χ2n) is 7.33. The highest BCUT2D eigenvalue weighted by molar-refractivity contribution is 7.99. The number of carbonyl (C=O) groups excluding carboxylic acids is 1. The molecule has 0 radical (unpaired) electrons. The normalized spacial score (nSPS) is 17.2. The molecule has 3 aromatic heterocycles. The van der Waals surface area contributed by atoms with Gasteiger partial charge in [-0.1, -0.05) is 11.8 Å². The SMILES string of the molecule is CC(C)(C)n1nnnc1SCC(=O)N1N=C(c2ccco2)CC1c1ccco1. The number of furan rings is 2. The Kier molecular flexibility index (Phi) is 4.80. The summed E-state index contributed by atoms with van der Waals surface area (Å²) in [6.07, 6.45) is 3.71. The Hall–Kier alpha value is -2.88. The molecule has 9 nitrogen and oxygen atoms in total. The number of amides is 1. The molecule has 1 amide bonds. The zero-order valence-electron chi connectivity index (χ0n) is 15.8. The van der Waals surface area contributed by atoms with Gasteiger partial charge in [-0.2, -0.15) is 5.10 Å². The summed E-state index contributed by atoms with van der Waals surface area (Å²) in [6.45, 7) is 6.01. The van der Waals surface area contributed by atoms with Crippen LogP contribution >= 0.6 is 11.8 Å². The van der Waals surface area contributed by atoms with Crippen molar-refractivity contribution in [2.45, 2.75) is 43.9 Å². The fourth-order valence-electron chi connectivity index (χ4n) is 2.92. The maximum atomic E-state index is 13.0. The van der Waals surface area contributed by atoms with Crippen molar-refractivity contribution in [1.82, 2.24) is 25.2 Å². The summed E-state index contributed by atoms with van der Waals surface area (Å²) in [6, 6.07) is 6.97. The number of hydrogen-bond acceptors (Lipinski definition) is 8. The fraction of sp³-hybridized carbons (Fsp3) is 0.389. The molecular formula is C18H20N6O3S. The Morgan fingerprint density at radius 2 is 2.04 bits per heavy atom. The molecule has 0 fully saturated rings. The van der Waals surface area contributed by atoms with Crippen LogP contribution in [-0.4, -0.2) is 42.6 Å². The maximum absolute atomic E-state index is 13.0. The van der Waals surface area contributed by atoms with Crippen molar-refractivity contribution < 1.29 is 13.6 Å². The predicted octanol–water partition coefficient (Wildman–Crippen LogP) is 3.08. The number of hydrazone groups is 1. The number of hydrogen-bond donors (Lipinski definition) is 0. The Morgan fingerprint density at radius 3 is 2.71 bits per heavy atom. The Bertz CT molecular complexity index is 972. The summed E-state index contributed by atoms with van der Waals surface area (Å²) in [5, 5.41) is 18.3. The number of thioether (sulfide) groups is 1.